The number of carbonyl (C=O) groups excluding carboxylic acids is 1. The molecule has 0 unspecified atom stereocenters. The summed E-state index contributed by atoms with van der Waals surface area (Å²) in [7, 11) is 0. The minimum Gasteiger partial charge on any atom is -0.466 e. The van der Waals surface area contributed by atoms with E-state index >= 15 is 0 Å². The monoisotopic (exact) mass is 291 g/mol. The number of anilines is 1. The molecule has 2 heterocycles. The van der Waals surface area contributed by atoms with Crippen LogP contribution in [0.2, 0.25) is 0 Å². The second-order valence-electron chi connectivity index (χ2n) is 5.89. The van der Waals surface area contributed by atoms with Crippen molar-refractivity contribution in [2.45, 2.75) is 46.5 Å². The minimum absolute atomic E-state index is 0.0358. The van der Waals surface area contributed by atoms with Crippen molar-refractivity contribution in [1.29, 1.82) is 0 Å². The van der Waals surface area contributed by atoms with Crippen LogP contribution in [-0.4, -0.2) is 35.6 Å². The second kappa shape index (κ2) is 6.87. The third-order valence-corrected chi connectivity index (χ3v) is 3.81. The topological polar surface area (TPSA) is 55.3 Å². The lowest BCUT2D eigenvalue weighted by atomic mass is 9.97. The van der Waals surface area contributed by atoms with Crippen molar-refractivity contribution in [2.24, 2.45) is 5.92 Å². The molecule has 1 aliphatic heterocycles. The van der Waals surface area contributed by atoms with Gasteiger partial charge in [0, 0.05) is 30.8 Å². The van der Waals surface area contributed by atoms with Crippen LogP contribution < -0.4 is 4.90 Å². The third-order valence-electron chi connectivity index (χ3n) is 3.81. The van der Waals surface area contributed by atoms with Gasteiger partial charge in [0.05, 0.1) is 12.5 Å². The van der Waals surface area contributed by atoms with Crippen LogP contribution in [0, 0.1) is 12.8 Å². The Morgan fingerprint density at radius 1 is 1.38 bits per heavy atom. The highest BCUT2D eigenvalue weighted by atomic mass is 16.5. The predicted molar refractivity (Wildman–Crippen MR) is 82.4 cm³/mol. The van der Waals surface area contributed by atoms with E-state index in [0.29, 0.717) is 12.5 Å². The van der Waals surface area contributed by atoms with Gasteiger partial charge in [-0.15, -0.1) is 0 Å². The van der Waals surface area contributed by atoms with Gasteiger partial charge in [-0.2, -0.15) is 0 Å². The molecule has 0 aromatic carbocycles. The summed E-state index contributed by atoms with van der Waals surface area (Å²) in [4.78, 5) is 23.2. The number of aromatic nitrogens is 2. The van der Waals surface area contributed by atoms with E-state index in [-0.39, 0.29) is 11.9 Å². The minimum atomic E-state index is -0.0566. The van der Waals surface area contributed by atoms with Gasteiger partial charge in [0.1, 0.15) is 11.6 Å². The average molecular weight is 291 g/mol. The largest absolute Gasteiger partial charge is 0.466 e. The summed E-state index contributed by atoms with van der Waals surface area (Å²) in [5.74, 6) is 2.17. The summed E-state index contributed by atoms with van der Waals surface area (Å²) >= 11 is 0. The zero-order valence-corrected chi connectivity index (χ0v) is 13.4. The number of rotatable bonds is 4. The van der Waals surface area contributed by atoms with E-state index in [1.54, 1.807) is 0 Å². The quantitative estimate of drug-likeness (QED) is 0.798. The van der Waals surface area contributed by atoms with Gasteiger partial charge in [-0.3, -0.25) is 4.79 Å². The van der Waals surface area contributed by atoms with E-state index in [4.69, 9.17) is 4.74 Å². The lowest BCUT2D eigenvalue weighted by molar-refractivity contribution is -0.148. The van der Waals surface area contributed by atoms with Crippen molar-refractivity contribution >= 4 is 11.8 Å². The van der Waals surface area contributed by atoms with E-state index in [1.807, 2.05) is 19.9 Å². The molecule has 0 bridgehead atoms. The molecule has 0 aliphatic carbocycles. The Morgan fingerprint density at radius 3 is 2.62 bits per heavy atom. The maximum Gasteiger partial charge on any atom is 0.309 e. The Kier molecular flexibility index (Phi) is 5.15. The first-order valence-electron chi connectivity index (χ1n) is 7.78. The molecule has 0 spiro atoms. The zero-order chi connectivity index (χ0) is 15.4. The molecule has 5 nitrogen and oxygen atoms in total. The lowest BCUT2D eigenvalue weighted by Gasteiger charge is -2.32. The Bertz CT molecular complexity index is 494. The van der Waals surface area contributed by atoms with E-state index in [9.17, 15) is 4.79 Å². The Labute approximate surface area is 126 Å². The summed E-state index contributed by atoms with van der Waals surface area (Å²) in [5.41, 5.74) is 0.996. The van der Waals surface area contributed by atoms with Crippen molar-refractivity contribution in [3.63, 3.8) is 0 Å². The fourth-order valence-electron chi connectivity index (χ4n) is 2.60. The summed E-state index contributed by atoms with van der Waals surface area (Å²) in [6.07, 6.45) is 1.66. The van der Waals surface area contributed by atoms with Crippen molar-refractivity contribution < 1.29 is 9.53 Å². The number of piperidine rings is 1. The molecular formula is C16H25N3O2. The van der Waals surface area contributed by atoms with Crippen LogP contribution in [0.5, 0.6) is 0 Å². The summed E-state index contributed by atoms with van der Waals surface area (Å²) in [5, 5.41) is 0. The highest BCUT2D eigenvalue weighted by molar-refractivity contribution is 5.72. The van der Waals surface area contributed by atoms with Crippen molar-refractivity contribution in [2.75, 3.05) is 24.6 Å². The molecule has 1 fully saturated rings. The Balaban J connectivity index is 2.03. The van der Waals surface area contributed by atoms with Gasteiger partial charge in [-0.1, -0.05) is 13.8 Å². The van der Waals surface area contributed by atoms with E-state index in [0.717, 1.165) is 43.3 Å². The average Bonchev–Trinajstić information content (AvgIpc) is 2.47. The van der Waals surface area contributed by atoms with Gasteiger partial charge in [0.25, 0.3) is 0 Å². The number of ether oxygens (including phenoxy) is 1. The fourth-order valence-corrected chi connectivity index (χ4v) is 2.60. The first-order valence-corrected chi connectivity index (χ1v) is 7.78. The molecule has 1 aromatic heterocycles. The van der Waals surface area contributed by atoms with E-state index in [2.05, 4.69) is 28.7 Å². The maximum absolute atomic E-state index is 11.8. The number of aryl methyl sites for hydroxylation is 1. The number of hydrogen-bond acceptors (Lipinski definition) is 5. The van der Waals surface area contributed by atoms with Gasteiger partial charge in [0.15, 0.2) is 0 Å². The van der Waals surface area contributed by atoms with Crippen LogP contribution in [0.3, 0.4) is 0 Å². The van der Waals surface area contributed by atoms with Gasteiger partial charge in [0.2, 0.25) is 0 Å². The third kappa shape index (κ3) is 3.93. The van der Waals surface area contributed by atoms with Gasteiger partial charge < -0.3 is 9.64 Å². The van der Waals surface area contributed by atoms with Gasteiger partial charge in [-0.25, -0.2) is 9.97 Å². The Morgan fingerprint density at radius 2 is 2.05 bits per heavy atom. The molecule has 5 heteroatoms. The van der Waals surface area contributed by atoms with Crippen LogP contribution in [0.4, 0.5) is 5.82 Å². The van der Waals surface area contributed by atoms with Crippen LogP contribution in [0.25, 0.3) is 0 Å². The van der Waals surface area contributed by atoms with Crippen LogP contribution in [-0.2, 0) is 9.53 Å². The summed E-state index contributed by atoms with van der Waals surface area (Å²) in [6.45, 7) is 10.2. The van der Waals surface area contributed by atoms with Gasteiger partial charge in [-0.05, 0) is 26.7 Å². The molecule has 0 amide bonds. The first-order chi connectivity index (χ1) is 10.0. The normalized spacial score (nSPS) is 16.3. The molecule has 0 atom stereocenters. The molecule has 116 valence electrons. The first kappa shape index (κ1) is 15.7. The van der Waals surface area contributed by atoms with Crippen molar-refractivity contribution in [1.82, 2.24) is 9.97 Å². The predicted octanol–water partition coefficient (Wildman–Crippen LogP) is 2.69. The fraction of sp³-hybridized carbons (Fsp3) is 0.688. The van der Waals surface area contributed by atoms with E-state index < -0.39 is 0 Å². The number of carbonyl (C=O) groups is 1. The molecule has 1 aromatic rings. The number of hydrogen-bond donors (Lipinski definition) is 0. The molecule has 0 saturated carbocycles. The SMILES string of the molecule is CCOC(=O)C1CCN(c2cc(C)nc(C(C)C)n2)CC1. The number of nitrogens with zero attached hydrogens (tertiary/aromatic N) is 3. The molecular weight excluding hydrogens is 266 g/mol. The summed E-state index contributed by atoms with van der Waals surface area (Å²) < 4.78 is 5.11. The highest BCUT2D eigenvalue weighted by Crippen LogP contribution is 2.24. The van der Waals surface area contributed by atoms with E-state index in [1.165, 1.54) is 0 Å². The van der Waals surface area contributed by atoms with Crippen LogP contribution in [0.15, 0.2) is 6.07 Å². The molecule has 21 heavy (non-hydrogen) atoms. The molecule has 0 N–H and O–H groups in total. The van der Waals surface area contributed by atoms with Crippen molar-refractivity contribution in [3.05, 3.63) is 17.6 Å². The lowest BCUT2D eigenvalue weighted by Crippen LogP contribution is -2.37. The smallest absolute Gasteiger partial charge is 0.309 e. The van der Waals surface area contributed by atoms with Crippen LogP contribution >= 0.6 is 0 Å². The summed E-state index contributed by atoms with van der Waals surface area (Å²) in [6, 6.07) is 2.02. The second-order valence-corrected chi connectivity index (χ2v) is 5.89. The highest BCUT2D eigenvalue weighted by Gasteiger charge is 2.26. The number of esters is 1. The zero-order valence-electron chi connectivity index (χ0n) is 13.4. The maximum atomic E-state index is 11.8. The Hall–Kier alpha value is -1.65. The molecule has 1 aliphatic rings. The molecule has 0 radical (unpaired) electrons. The standard InChI is InChI=1S/C16H25N3O2/c1-5-21-16(20)13-6-8-19(9-7-13)14-10-12(4)17-15(18-14)11(2)3/h10-11,13H,5-9H2,1-4H3. The van der Waals surface area contributed by atoms with Gasteiger partial charge >= 0.3 is 5.97 Å². The molecule has 2 rings (SSSR count). The molecule has 1 saturated heterocycles. The van der Waals surface area contributed by atoms with Crippen molar-refractivity contribution in [3.8, 4) is 0 Å². The van der Waals surface area contributed by atoms with Crippen LogP contribution in [0.1, 0.15) is 51.0 Å².